The van der Waals surface area contributed by atoms with Crippen LogP contribution in [0.5, 0.6) is 0 Å². The highest BCUT2D eigenvalue weighted by atomic mass is 16.6. The largest absolute Gasteiger partial charge is 0.313 e. The molecule has 19 heavy (non-hydrogen) atoms. The first-order valence-electron chi connectivity index (χ1n) is 7.26. The first kappa shape index (κ1) is 14.7. The molecule has 110 valence electrons. The van der Waals surface area contributed by atoms with Crippen LogP contribution in [0.25, 0.3) is 0 Å². The SMILES string of the molecule is CONC(=NC1CC(C)CC(C)N1)C1CNCCN1. The van der Waals surface area contributed by atoms with Gasteiger partial charge in [-0.2, -0.15) is 0 Å². The average molecular weight is 269 g/mol. The lowest BCUT2D eigenvalue weighted by molar-refractivity contribution is 0.138. The second-order valence-electron chi connectivity index (χ2n) is 5.69. The van der Waals surface area contributed by atoms with Gasteiger partial charge >= 0.3 is 0 Å². The zero-order valence-electron chi connectivity index (χ0n) is 12.2. The van der Waals surface area contributed by atoms with Crippen LogP contribution in [-0.4, -0.2) is 50.8 Å². The maximum absolute atomic E-state index is 5.08. The van der Waals surface area contributed by atoms with E-state index in [9.17, 15) is 0 Å². The normalized spacial score (nSPS) is 37.1. The third-order valence-corrected chi connectivity index (χ3v) is 3.73. The van der Waals surface area contributed by atoms with Gasteiger partial charge in [-0.1, -0.05) is 6.92 Å². The summed E-state index contributed by atoms with van der Waals surface area (Å²) in [6.45, 7) is 7.37. The van der Waals surface area contributed by atoms with Crippen molar-refractivity contribution in [3.05, 3.63) is 0 Å². The Labute approximate surface area is 115 Å². The van der Waals surface area contributed by atoms with Crippen molar-refractivity contribution in [3.63, 3.8) is 0 Å². The van der Waals surface area contributed by atoms with Gasteiger partial charge in [-0.25, -0.2) is 0 Å². The van der Waals surface area contributed by atoms with Gasteiger partial charge in [0.25, 0.3) is 0 Å². The summed E-state index contributed by atoms with van der Waals surface area (Å²) in [5.74, 6) is 1.60. The summed E-state index contributed by atoms with van der Waals surface area (Å²) in [7, 11) is 1.63. The van der Waals surface area contributed by atoms with E-state index in [-0.39, 0.29) is 12.2 Å². The van der Waals surface area contributed by atoms with Gasteiger partial charge in [0.05, 0.1) is 13.2 Å². The van der Waals surface area contributed by atoms with Crippen LogP contribution in [0.4, 0.5) is 0 Å². The van der Waals surface area contributed by atoms with Crippen LogP contribution in [0.1, 0.15) is 26.7 Å². The minimum absolute atomic E-state index is 0.181. The molecule has 4 atom stereocenters. The van der Waals surface area contributed by atoms with Gasteiger partial charge in [-0.15, -0.1) is 0 Å². The number of hydroxylamine groups is 1. The Hall–Kier alpha value is -0.690. The third-order valence-electron chi connectivity index (χ3n) is 3.73. The van der Waals surface area contributed by atoms with Crippen molar-refractivity contribution in [2.24, 2.45) is 10.9 Å². The van der Waals surface area contributed by atoms with Gasteiger partial charge in [0.2, 0.25) is 0 Å². The predicted molar refractivity (Wildman–Crippen MR) is 77.0 cm³/mol. The molecule has 2 rings (SSSR count). The second kappa shape index (κ2) is 7.19. The van der Waals surface area contributed by atoms with Crippen molar-refractivity contribution in [1.29, 1.82) is 0 Å². The Balaban J connectivity index is 2.01. The van der Waals surface area contributed by atoms with E-state index in [1.54, 1.807) is 7.11 Å². The van der Waals surface area contributed by atoms with Crippen LogP contribution >= 0.6 is 0 Å². The molecule has 0 spiro atoms. The van der Waals surface area contributed by atoms with E-state index in [4.69, 9.17) is 9.83 Å². The molecule has 0 aromatic carbocycles. The minimum Gasteiger partial charge on any atom is -0.313 e. The molecule has 0 bridgehead atoms. The predicted octanol–water partition coefficient (Wildman–Crippen LogP) is -0.169. The van der Waals surface area contributed by atoms with Crippen molar-refractivity contribution >= 4 is 5.84 Å². The standard InChI is InChI=1S/C13H27N5O/c1-9-6-10(2)16-12(7-9)17-13(18-19-3)11-8-14-4-5-15-11/h9-12,14-16H,4-8H2,1-3H3,(H,17,18). The van der Waals surface area contributed by atoms with Crippen LogP contribution in [0, 0.1) is 5.92 Å². The van der Waals surface area contributed by atoms with Crippen LogP contribution in [0.3, 0.4) is 0 Å². The Bertz CT molecular complexity index is 293. The number of rotatable bonds is 3. The summed E-state index contributed by atoms with van der Waals surface area (Å²) >= 11 is 0. The molecule has 4 N–H and O–H groups in total. The second-order valence-corrected chi connectivity index (χ2v) is 5.69. The quantitative estimate of drug-likeness (QED) is 0.325. The number of amidine groups is 1. The molecule has 2 fully saturated rings. The molecule has 2 aliphatic heterocycles. The number of piperidine rings is 1. The Morgan fingerprint density at radius 3 is 2.74 bits per heavy atom. The van der Waals surface area contributed by atoms with E-state index in [2.05, 4.69) is 35.3 Å². The van der Waals surface area contributed by atoms with E-state index >= 15 is 0 Å². The number of aliphatic imine (C=N–C) groups is 1. The fraction of sp³-hybridized carbons (Fsp3) is 0.923. The molecular formula is C13H27N5O. The van der Waals surface area contributed by atoms with E-state index in [0.29, 0.717) is 12.0 Å². The number of piperazine rings is 1. The van der Waals surface area contributed by atoms with Crippen molar-refractivity contribution in [3.8, 4) is 0 Å². The van der Waals surface area contributed by atoms with Crippen LogP contribution < -0.4 is 21.4 Å². The highest BCUT2D eigenvalue weighted by Gasteiger charge is 2.25. The highest BCUT2D eigenvalue weighted by molar-refractivity contribution is 5.87. The summed E-state index contributed by atoms with van der Waals surface area (Å²) in [6, 6.07) is 0.724. The lowest BCUT2D eigenvalue weighted by Crippen LogP contribution is -2.56. The smallest absolute Gasteiger partial charge is 0.140 e. The van der Waals surface area contributed by atoms with Crippen LogP contribution in [0.15, 0.2) is 4.99 Å². The van der Waals surface area contributed by atoms with Gasteiger partial charge in [0.15, 0.2) is 0 Å². The highest BCUT2D eigenvalue weighted by Crippen LogP contribution is 2.20. The van der Waals surface area contributed by atoms with Crippen molar-refractivity contribution in [2.45, 2.75) is 44.9 Å². The fourth-order valence-electron chi connectivity index (χ4n) is 2.94. The topological polar surface area (TPSA) is 69.7 Å². The molecule has 4 unspecified atom stereocenters. The molecule has 2 saturated heterocycles. The van der Waals surface area contributed by atoms with Gasteiger partial charge in [-0.05, 0) is 25.7 Å². The molecule has 0 saturated carbocycles. The number of hydrogen-bond donors (Lipinski definition) is 4. The maximum atomic E-state index is 5.08. The number of nitrogens with one attached hydrogen (secondary N) is 4. The Kier molecular flexibility index (Phi) is 5.57. The molecule has 6 heteroatoms. The lowest BCUT2D eigenvalue weighted by atomic mass is 9.93. The molecule has 0 radical (unpaired) electrons. The Morgan fingerprint density at radius 1 is 1.26 bits per heavy atom. The lowest BCUT2D eigenvalue weighted by Gasteiger charge is -2.32. The van der Waals surface area contributed by atoms with Crippen molar-refractivity contribution in [2.75, 3.05) is 26.7 Å². The maximum Gasteiger partial charge on any atom is 0.140 e. The zero-order chi connectivity index (χ0) is 13.7. The summed E-state index contributed by atoms with van der Waals surface area (Å²) < 4.78 is 0. The Morgan fingerprint density at radius 2 is 2.11 bits per heavy atom. The van der Waals surface area contributed by atoms with Crippen LogP contribution in [0.2, 0.25) is 0 Å². The van der Waals surface area contributed by atoms with E-state index in [0.717, 1.165) is 31.9 Å². The van der Waals surface area contributed by atoms with E-state index in [1.807, 2.05) is 0 Å². The molecule has 2 aliphatic rings. The molecule has 0 aromatic heterocycles. The van der Waals surface area contributed by atoms with Crippen LogP contribution in [-0.2, 0) is 4.84 Å². The molecule has 0 aromatic rings. The summed E-state index contributed by atoms with van der Waals surface area (Å²) in [6.07, 6.45) is 2.49. The first-order valence-corrected chi connectivity index (χ1v) is 7.26. The van der Waals surface area contributed by atoms with Gasteiger partial charge in [-0.3, -0.25) is 20.6 Å². The molecule has 2 heterocycles. The van der Waals surface area contributed by atoms with Crippen molar-refractivity contribution in [1.82, 2.24) is 21.4 Å². The van der Waals surface area contributed by atoms with Gasteiger partial charge in [0, 0.05) is 25.7 Å². The van der Waals surface area contributed by atoms with Gasteiger partial charge in [0.1, 0.15) is 12.0 Å². The number of hydrogen-bond acceptors (Lipinski definition) is 5. The third kappa shape index (κ3) is 4.42. The zero-order valence-corrected chi connectivity index (χ0v) is 12.2. The average Bonchev–Trinajstić information content (AvgIpc) is 2.38. The molecule has 6 nitrogen and oxygen atoms in total. The summed E-state index contributed by atoms with van der Waals surface area (Å²) in [5, 5.41) is 10.4. The summed E-state index contributed by atoms with van der Waals surface area (Å²) in [4.78, 5) is 9.89. The monoisotopic (exact) mass is 269 g/mol. The summed E-state index contributed by atoms with van der Waals surface area (Å²) in [5.41, 5.74) is 2.94. The first-order chi connectivity index (χ1) is 9.19. The molecule has 0 amide bonds. The van der Waals surface area contributed by atoms with Gasteiger partial charge < -0.3 is 10.6 Å². The molecular weight excluding hydrogens is 242 g/mol. The molecule has 0 aliphatic carbocycles. The minimum atomic E-state index is 0.181. The van der Waals surface area contributed by atoms with E-state index in [1.165, 1.54) is 6.42 Å². The van der Waals surface area contributed by atoms with E-state index < -0.39 is 0 Å². The fourth-order valence-corrected chi connectivity index (χ4v) is 2.94. The van der Waals surface area contributed by atoms with Crippen molar-refractivity contribution < 1.29 is 4.84 Å². The number of nitrogens with zero attached hydrogens (tertiary/aromatic N) is 1.